The summed E-state index contributed by atoms with van der Waals surface area (Å²) in [4.78, 5) is 32.3. The molecule has 3 rings (SSSR count). The van der Waals surface area contributed by atoms with E-state index in [0.717, 1.165) is 36.2 Å². The Kier molecular flexibility index (Phi) is 6.50. The average molecular weight is 386 g/mol. The molecule has 0 spiro atoms. The van der Waals surface area contributed by atoms with Gasteiger partial charge in [0.05, 0.1) is 24.3 Å². The number of carbonyl (C=O) groups is 2. The predicted octanol–water partition coefficient (Wildman–Crippen LogP) is 3.11. The monoisotopic (exact) mass is 386 g/mol. The van der Waals surface area contributed by atoms with E-state index in [1.165, 1.54) is 0 Å². The van der Waals surface area contributed by atoms with Gasteiger partial charge in [0.25, 0.3) is 0 Å². The third kappa shape index (κ3) is 4.61. The molecule has 0 N–H and O–H groups in total. The maximum atomic E-state index is 12.9. The number of piperidine rings is 1. The molecular formula is C22H30N2O4. The van der Waals surface area contributed by atoms with Crippen LogP contribution in [-0.4, -0.2) is 54.7 Å². The van der Waals surface area contributed by atoms with E-state index in [0.29, 0.717) is 32.5 Å². The predicted molar refractivity (Wildman–Crippen MR) is 107 cm³/mol. The fourth-order valence-corrected chi connectivity index (χ4v) is 4.41. The minimum absolute atomic E-state index is 0.113. The minimum Gasteiger partial charge on any atom is -0.466 e. The van der Waals surface area contributed by atoms with Gasteiger partial charge in [0.15, 0.2) is 0 Å². The van der Waals surface area contributed by atoms with Crippen LogP contribution in [0.4, 0.5) is 0 Å². The van der Waals surface area contributed by atoms with Crippen molar-refractivity contribution in [2.45, 2.75) is 52.6 Å². The SMILES string of the molecule is CCOC(=O)[C@]1(C[C@H]2CC(c3ccccc3C)=NO2)CCCN(CC(C)=O)C1. The molecular weight excluding hydrogens is 356 g/mol. The van der Waals surface area contributed by atoms with Gasteiger partial charge in [-0.05, 0) is 45.7 Å². The number of carbonyl (C=O) groups excluding carboxylic acids is 2. The van der Waals surface area contributed by atoms with E-state index in [4.69, 9.17) is 9.57 Å². The lowest BCUT2D eigenvalue weighted by Crippen LogP contribution is -2.51. The Morgan fingerprint density at radius 2 is 2.14 bits per heavy atom. The Morgan fingerprint density at radius 3 is 2.86 bits per heavy atom. The summed E-state index contributed by atoms with van der Waals surface area (Å²) in [5.74, 6) is -0.0712. The van der Waals surface area contributed by atoms with Crippen molar-refractivity contribution >= 4 is 17.5 Å². The van der Waals surface area contributed by atoms with Crippen molar-refractivity contribution in [3.05, 3.63) is 35.4 Å². The molecule has 0 unspecified atom stereocenters. The number of ketones is 1. The third-order valence-corrected chi connectivity index (χ3v) is 5.62. The van der Waals surface area contributed by atoms with Crippen molar-refractivity contribution in [1.82, 2.24) is 4.90 Å². The first kappa shape index (κ1) is 20.5. The number of hydrogen-bond donors (Lipinski definition) is 0. The molecule has 2 atom stereocenters. The molecule has 1 saturated heterocycles. The molecule has 0 aromatic heterocycles. The highest BCUT2D eigenvalue weighted by molar-refractivity contribution is 6.02. The zero-order chi connectivity index (χ0) is 20.1. The van der Waals surface area contributed by atoms with E-state index in [1.807, 2.05) is 19.1 Å². The Labute approximate surface area is 166 Å². The fourth-order valence-electron chi connectivity index (χ4n) is 4.41. The Hall–Kier alpha value is -2.21. The molecule has 1 fully saturated rings. The molecule has 152 valence electrons. The average Bonchev–Trinajstić information content (AvgIpc) is 3.10. The van der Waals surface area contributed by atoms with Gasteiger partial charge in [-0.3, -0.25) is 14.5 Å². The van der Waals surface area contributed by atoms with Gasteiger partial charge in [-0.25, -0.2) is 0 Å². The number of benzene rings is 1. The summed E-state index contributed by atoms with van der Waals surface area (Å²) in [6.07, 6.45) is 2.69. The number of rotatable bonds is 7. The molecule has 0 saturated carbocycles. The lowest BCUT2D eigenvalue weighted by Gasteiger charge is -2.41. The first-order valence-electron chi connectivity index (χ1n) is 10.1. The number of esters is 1. The van der Waals surface area contributed by atoms with Crippen LogP contribution in [0.3, 0.4) is 0 Å². The lowest BCUT2D eigenvalue weighted by molar-refractivity contribution is -0.162. The topological polar surface area (TPSA) is 68.2 Å². The molecule has 0 radical (unpaired) electrons. The van der Waals surface area contributed by atoms with Crippen LogP contribution in [0.15, 0.2) is 29.4 Å². The van der Waals surface area contributed by atoms with Gasteiger partial charge in [-0.2, -0.15) is 0 Å². The molecule has 0 bridgehead atoms. The van der Waals surface area contributed by atoms with Crippen molar-refractivity contribution in [2.24, 2.45) is 10.6 Å². The molecule has 2 aliphatic heterocycles. The Balaban J connectivity index is 1.73. The van der Waals surface area contributed by atoms with Crippen LogP contribution in [0.5, 0.6) is 0 Å². The number of hydrogen-bond acceptors (Lipinski definition) is 6. The van der Waals surface area contributed by atoms with Crippen LogP contribution in [0.1, 0.15) is 50.7 Å². The van der Waals surface area contributed by atoms with E-state index >= 15 is 0 Å². The van der Waals surface area contributed by atoms with E-state index in [9.17, 15) is 9.59 Å². The first-order valence-corrected chi connectivity index (χ1v) is 10.1. The summed E-state index contributed by atoms with van der Waals surface area (Å²) in [6, 6.07) is 8.12. The fraction of sp³-hybridized carbons (Fsp3) is 0.591. The smallest absolute Gasteiger partial charge is 0.313 e. The Bertz CT molecular complexity index is 761. The third-order valence-electron chi connectivity index (χ3n) is 5.62. The van der Waals surface area contributed by atoms with Gasteiger partial charge in [-0.15, -0.1) is 0 Å². The quantitative estimate of drug-likeness (QED) is 0.674. The summed E-state index contributed by atoms with van der Waals surface area (Å²) in [5.41, 5.74) is 2.54. The number of nitrogens with zero attached hydrogens (tertiary/aromatic N) is 2. The number of Topliss-reactive ketones (excluding diaryl/α,β-unsaturated/α-hetero) is 1. The van der Waals surface area contributed by atoms with Gasteiger partial charge >= 0.3 is 5.97 Å². The zero-order valence-electron chi connectivity index (χ0n) is 17.1. The Morgan fingerprint density at radius 1 is 1.36 bits per heavy atom. The molecule has 0 amide bonds. The molecule has 1 aromatic rings. The summed E-state index contributed by atoms with van der Waals surface area (Å²) in [7, 11) is 0. The standard InChI is InChI=1S/C22H30N2O4/c1-4-27-21(26)22(10-7-11-24(15-22)14-17(3)25)13-18-12-20(23-28-18)19-9-6-5-8-16(19)2/h5-6,8-9,18H,4,7,10-15H2,1-3H3/t18-,22+/m1/s1. The van der Waals surface area contributed by atoms with Crippen LogP contribution >= 0.6 is 0 Å². The highest BCUT2D eigenvalue weighted by Gasteiger charge is 2.46. The number of ether oxygens (including phenoxy) is 1. The highest BCUT2D eigenvalue weighted by Crippen LogP contribution is 2.39. The zero-order valence-corrected chi connectivity index (χ0v) is 17.1. The summed E-state index contributed by atoms with van der Waals surface area (Å²) in [5, 5.41) is 4.31. The van der Waals surface area contributed by atoms with Crippen molar-refractivity contribution in [1.29, 1.82) is 0 Å². The van der Waals surface area contributed by atoms with E-state index in [-0.39, 0.29) is 17.9 Å². The van der Waals surface area contributed by atoms with Gasteiger partial charge < -0.3 is 9.57 Å². The second kappa shape index (κ2) is 8.86. The maximum Gasteiger partial charge on any atom is 0.313 e. The maximum absolute atomic E-state index is 12.9. The largest absolute Gasteiger partial charge is 0.466 e. The van der Waals surface area contributed by atoms with Gasteiger partial charge in [0.2, 0.25) is 0 Å². The van der Waals surface area contributed by atoms with Gasteiger partial charge in [0, 0.05) is 24.9 Å². The summed E-state index contributed by atoms with van der Waals surface area (Å²) >= 11 is 0. The molecule has 1 aromatic carbocycles. The minimum atomic E-state index is -0.648. The number of oxime groups is 1. The van der Waals surface area contributed by atoms with Crippen LogP contribution in [-0.2, 0) is 19.2 Å². The van der Waals surface area contributed by atoms with Gasteiger partial charge in [0.1, 0.15) is 11.9 Å². The van der Waals surface area contributed by atoms with Crippen LogP contribution in [0.25, 0.3) is 0 Å². The molecule has 2 heterocycles. The second-order valence-electron chi connectivity index (χ2n) is 8.01. The second-order valence-corrected chi connectivity index (χ2v) is 8.01. The highest BCUT2D eigenvalue weighted by atomic mass is 16.6. The molecule has 6 nitrogen and oxygen atoms in total. The molecule has 6 heteroatoms. The van der Waals surface area contributed by atoms with Gasteiger partial charge in [-0.1, -0.05) is 29.4 Å². The first-order chi connectivity index (χ1) is 13.4. The summed E-state index contributed by atoms with van der Waals surface area (Å²) in [6.45, 7) is 7.56. The molecule has 0 aliphatic carbocycles. The van der Waals surface area contributed by atoms with Crippen molar-refractivity contribution in [3.8, 4) is 0 Å². The number of likely N-dealkylation sites (tertiary alicyclic amines) is 1. The lowest BCUT2D eigenvalue weighted by atomic mass is 9.74. The van der Waals surface area contributed by atoms with Crippen molar-refractivity contribution < 1.29 is 19.2 Å². The molecule has 2 aliphatic rings. The van der Waals surface area contributed by atoms with Crippen molar-refractivity contribution in [3.63, 3.8) is 0 Å². The normalized spacial score (nSPS) is 25.1. The molecule has 28 heavy (non-hydrogen) atoms. The van der Waals surface area contributed by atoms with E-state index < -0.39 is 5.41 Å². The van der Waals surface area contributed by atoms with Crippen LogP contribution < -0.4 is 0 Å². The van der Waals surface area contributed by atoms with E-state index in [2.05, 4.69) is 29.1 Å². The summed E-state index contributed by atoms with van der Waals surface area (Å²) < 4.78 is 5.44. The van der Waals surface area contributed by atoms with Crippen LogP contribution in [0.2, 0.25) is 0 Å². The van der Waals surface area contributed by atoms with E-state index in [1.54, 1.807) is 6.92 Å². The van der Waals surface area contributed by atoms with Crippen LogP contribution in [0, 0.1) is 12.3 Å². The number of aryl methyl sites for hydroxylation is 1. The van der Waals surface area contributed by atoms with Crippen molar-refractivity contribution in [2.75, 3.05) is 26.2 Å².